The number of halogens is 2. The SMILES string of the molecule is CC1COCCN1c1ccc(NC(=O)CC(O)c2cc(Cl)cc(Cl)c2)cc1. The second-order valence-corrected chi connectivity index (χ2v) is 7.51. The van der Waals surface area contributed by atoms with Crippen molar-refractivity contribution in [2.45, 2.75) is 25.5 Å². The molecule has 2 aromatic carbocycles. The van der Waals surface area contributed by atoms with Crippen molar-refractivity contribution in [2.24, 2.45) is 0 Å². The van der Waals surface area contributed by atoms with Gasteiger partial charge in [0.15, 0.2) is 0 Å². The van der Waals surface area contributed by atoms with Crippen LogP contribution >= 0.6 is 23.2 Å². The van der Waals surface area contributed by atoms with Crippen LogP contribution < -0.4 is 10.2 Å². The van der Waals surface area contributed by atoms with E-state index in [9.17, 15) is 9.90 Å². The molecule has 0 radical (unpaired) electrons. The molecule has 0 spiro atoms. The van der Waals surface area contributed by atoms with E-state index in [-0.39, 0.29) is 12.3 Å². The number of aliphatic hydroxyl groups is 1. The lowest BCUT2D eigenvalue weighted by molar-refractivity contribution is -0.118. The topological polar surface area (TPSA) is 61.8 Å². The maximum atomic E-state index is 12.2. The molecule has 2 atom stereocenters. The van der Waals surface area contributed by atoms with Gasteiger partial charge in [0.05, 0.1) is 25.7 Å². The van der Waals surface area contributed by atoms with Crippen LogP contribution in [0, 0.1) is 0 Å². The molecule has 1 fully saturated rings. The first kappa shape index (κ1) is 20.0. The molecule has 5 nitrogen and oxygen atoms in total. The van der Waals surface area contributed by atoms with Crippen LogP contribution in [0.25, 0.3) is 0 Å². The van der Waals surface area contributed by atoms with E-state index in [2.05, 4.69) is 17.1 Å². The van der Waals surface area contributed by atoms with Crippen LogP contribution in [-0.2, 0) is 9.53 Å². The summed E-state index contributed by atoms with van der Waals surface area (Å²) in [7, 11) is 0. The first-order valence-corrected chi connectivity index (χ1v) is 9.56. The average molecular weight is 409 g/mol. The fraction of sp³-hybridized carbons (Fsp3) is 0.350. The second kappa shape index (κ2) is 8.93. The van der Waals surface area contributed by atoms with Gasteiger partial charge in [0, 0.05) is 34.0 Å². The minimum absolute atomic E-state index is 0.0844. The molecule has 1 saturated heterocycles. The highest BCUT2D eigenvalue weighted by atomic mass is 35.5. The third kappa shape index (κ3) is 5.36. The number of hydrogen-bond donors (Lipinski definition) is 2. The minimum Gasteiger partial charge on any atom is -0.388 e. The molecule has 144 valence electrons. The molecule has 0 aromatic heterocycles. The van der Waals surface area contributed by atoms with Crippen molar-refractivity contribution in [3.8, 4) is 0 Å². The second-order valence-electron chi connectivity index (χ2n) is 6.64. The highest BCUT2D eigenvalue weighted by Crippen LogP contribution is 2.26. The third-order valence-electron chi connectivity index (χ3n) is 4.50. The predicted molar refractivity (Wildman–Crippen MR) is 109 cm³/mol. The first-order chi connectivity index (χ1) is 12.9. The van der Waals surface area contributed by atoms with Crippen LogP contribution in [-0.4, -0.2) is 36.8 Å². The zero-order valence-corrected chi connectivity index (χ0v) is 16.5. The van der Waals surface area contributed by atoms with E-state index < -0.39 is 6.10 Å². The molecule has 2 aromatic rings. The maximum Gasteiger partial charge on any atom is 0.227 e. The minimum atomic E-state index is -0.977. The molecule has 0 aliphatic carbocycles. The number of anilines is 2. The Bertz CT molecular complexity index is 778. The van der Waals surface area contributed by atoms with Crippen molar-refractivity contribution >= 4 is 40.5 Å². The van der Waals surface area contributed by atoms with Gasteiger partial charge in [-0.25, -0.2) is 0 Å². The Balaban J connectivity index is 1.59. The lowest BCUT2D eigenvalue weighted by Gasteiger charge is -2.35. The number of ether oxygens (including phenoxy) is 1. The number of nitrogens with one attached hydrogen (secondary N) is 1. The van der Waals surface area contributed by atoms with Crippen LogP contribution in [0.1, 0.15) is 25.0 Å². The number of rotatable bonds is 5. The Morgan fingerprint density at radius 3 is 2.56 bits per heavy atom. The Hall–Kier alpha value is -1.79. The fourth-order valence-corrected chi connectivity index (χ4v) is 3.66. The lowest BCUT2D eigenvalue weighted by Crippen LogP contribution is -2.43. The van der Waals surface area contributed by atoms with Gasteiger partial charge in [-0.3, -0.25) is 4.79 Å². The molecule has 27 heavy (non-hydrogen) atoms. The maximum absolute atomic E-state index is 12.2. The Morgan fingerprint density at radius 1 is 1.26 bits per heavy atom. The monoisotopic (exact) mass is 408 g/mol. The molecule has 0 saturated carbocycles. The highest BCUT2D eigenvalue weighted by Gasteiger charge is 2.19. The van der Waals surface area contributed by atoms with Gasteiger partial charge < -0.3 is 20.1 Å². The Labute approximate surface area is 168 Å². The number of hydrogen-bond acceptors (Lipinski definition) is 4. The summed E-state index contributed by atoms with van der Waals surface area (Å²) in [6, 6.07) is 12.8. The van der Waals surface area contributed by atoms with E-state index in [4.69, 9.17) is 27.9 Å². The van der Waals surface area contributed by atoms with Crippen molar-refractivity contribution in [2.75, 3.05) is 30.0 Å². The van der Waals surface area contributed by atoms with Gasteiger partial charge in [-0.2, -0.15) is 0 Å². The molecule has 0 bridgehead atoms. The smallest absolute Gasteiger partial charge is 0.227 e. The Kier molecular flexibility index (Phi) is 6.60. The summed E-state index contributed by atoms with van der Waals surface area (Å²) in [5.74, 6) is -0.286. The average Bonchev–Trinajstić information content (AvgIpc) is 2.62. The number of carbonyl (C=O) groups is 1. The standard InChI is InChI=1S/C20H22Cl2N2O3/c1-13-12-27-7-6-24(13)18-4-2-17(3-5-18)23-20(26)11-19(25)14-8-15(21)10-16(22)9-14/h2-5,8-10,13,19,25H,6-7,11-12H2,1H3,(H,23,26). The zero-order valence-electron chi connectivity index (χ0n) is 15.0. The lowest BCUT2D eigenvalue weighted by atomic mass is 10.1. The van der Waals surface area contributed by atoms with Crippen LogP contribution in [0.5, 0.6) is 0 Å². The van der Waals surface area contributed by atoms with E-state index in [1.165, 1.54) is 0 Å². The van der Waals surface area contributed by atoms with Crippen LogP contribution in [0.3, 0.4) is 0 Å². The van der Waals surface area contributed by atoms with E-state index in [1.54, 1.807) is 18.2 Å². The molecular formula is C20H22Cl2N2O3. The molecular weight excluding hydrogens is 387 g/mol. The summed E-state index contributed by atoms with van der Waals surface area (Å²) in [4.78, 5) is 14.5. The molecule has 3 rings (SSSR count). The van der Waals surface area contributed by atoms with Gasteiger partial charge in [0.2, 0.25) is 5.91 Å². The van der Waals surface area contributed by atoms with Crippen molar-refractivity contribution in [1.82, 2.24) is 0 Å². The number of carbonyl (C=O) groups excluding carboxylic acids is 1. The molecule has 1 aliphatic rings. The van der Waals surface area contributed by atoms with Crippen molar-refractivity contribution in [1.29, 1.82) is 0 Å². The normalized spacial score (nSPS) is 18.2. The first-order valence-electron chi connectivity index (χ1n) is 8.81. The van der Waals surface area contributed by atoms with Gasteiger partial charge in [-0.15, -0.1) is 0 Å². The van der Waals surface area contributed by atoms with Crippen molar-refractivity contribution in [3.63, 3.8) is 0 Å². The number of benzene rings is 2. The van der Waals surface area contributed by atoms with E-state index in [0.29, 0.717) is 40.6 Å². The van der Waals surface area contributed by atoms with Crippen LogP contribution in [0.15, 0.2) is 42.5 Å². The molecule has 2 unspecified atom stereocenters. The zero-order chi connectivity index (χ0) is 19.4. The molecule has 2 N–H and O–H groups in total. The summed E-state index contributed by atoms with van der Waals surface area (Å²) in [6.45, 7) is 4.40. The molecule has 7 heteroatoms. The fourth-order valence-electron chi connectivity index (χ4n) is 3.12. The number of amides is 1. The number of nitrogens with zero attached hydrogens (tertiary/aromatic N) is 1. The van der Waals surface area contributed by atoms with Gasteiger partial charge >= 0.3 is 0 Å². The van der Waals surface area contributed by atoms with E-state index in [0.717, 1.165) is 12.2 Å². The van der Waals surface area contributed by atoms with Crippen molar-refractivity contribution in [3.05, 3.63) is 58.1 Å². The number of aliphatic hydroxyl groups excluding tert-OH is 1. The van der Waals surface area contributed by atoms with Gasteiger partial charge in [-0.05, 0) is 55.0 Å². The van der Waals surface area contributed by atoms with Crippen LogP contribution in [0.2, 0.25) is 10.0 Å². The summed E-state index contributed by atoms with van der Waals surface area (Å²) in [6.07, 6.45) is -1.06. The highest BCUT2D eigenvalue weighted by molar-refractivity contribution is 6.34. The van der Waals surface area contributed by atoms with E-state index >= 15 is 0 Å². The molecule has 1 heterocycles. The van der Waals surface area contributed by atoms with Crippen molar-refractivity contribution < 1.29 is 14.6 Å². The summed E-state index contributed by atoms with van der Waals surface area (Å²) in [5, 5.41) is 13.9. The Morgan fingerprint density at radius 2 is 1.93 bits per heavy atom. The molecule has 1 aliphatic heterocycles. The summed E-state index contributed by atoms with van der Waals surface area (Å²) < 4.78 is 5.46. The van der Waals surface area contributed by atoms with Gasteiger partial charge in [0.25, 0.3) is 0 Å². The molecule has 1 amide bonds. The van der Waals surface area contributed by atoms with E-state index in [1.807, 2.05) is 24.3 Å². The third-order valence-corrected chi connectivity index (χ3v) is 4.94. The summed E-state index contributed by atoms with van der Waals surface area (Å²) in [5.41, 5.74) is 2.29. The van der Waals surface area contributed by atoms with Gasteiger partial charge in [-0.1, -0.05) is 23.2 Å². The number of morpholine rings is 1. The predicted octanol–water partition coefficient (Wildman–Crippen LogP) is 4.28. The summed E-state index contributed by atoms with van der Waals surface area (Å²) >= 11 is 11.9. The largest absolute Gasteiger partial charge is 0.388 e. The van der Waals surface area contributed by atoms with Gasteiger partial charge in [0.1, 0.15) is 0 Å². The van der Waals surface area contributed by atoms with Crippen LogP contribution in [0.4, 0.5) is 11.4 Å². The quantitative estimate of drug-likeness (QED) is 0.774.